The largest absolute Gasteiger partial charge is 1.00 e. The third-order valence-electron chi connectivity index (χ3n) is 6.74. The van der Waals surface area contributed by atoms with Gasteiger partial charge in [-0.25, -0.2) is 6.08 Å². The zero-order valence-corrected chi connectivity index (χ0v) is 30.4. The number of hydrogen-bond acceptors (Lipinski definition) is 0. The second-order valence-electron chi connectivity index (χ2n) is 13.8. The van der Waals surface area contributed by atoms with Gasteiger partial charge in [0.25, 0.3) is 0 Å². The second kappa shape index (κ2) is 15.4. The Morgan fingerprint density at radius 3 is 1.49 bits per heavy atom. The summed E-state index contributed by atoms with van der Waals surface area (Å²) < 4.78 is 1.51. The smallest absolute Gasteiger partial charge is 1.00 e. The first kappa shape index (κ1) is 38.1. The molecule has 1 aliphatic carbocycles. The van der Waals surface area contributed by atoms with Gasteiger partial charge >= 0.3 is 41.3 Å². The van der Waals surface area contributed by atoms with Gasteiger partial charge in [0.2, 0.25) is 0 Å². The molecule has 0 amide bonds. The maximum Gasteiger partial charge on any atom is -1.00 e. The van der Waals surface area contributed by atoms with E-state index in [1.54, 1.807) is 24.2 Å². The third-order valence-corrected chi connectivity index (χ3v) is 6.74. The Morgan fingerprint density at radius 1 is 0.769 bits per heavy atom. The number of halogens is 2. The molecule has 0 heterocycles. The van der Waals surface area contributed by atoms with Crippen LogP contribution in [0.15, 0.2) is 60.2 Å². The van der Waals surface area contributed by atoms with Crippen LogP contribution in [0.3, 0.4) is 0 Å². The summed E-state index contributed by atoms with van der Waals surface area (Å²) in [5, 5.41) is 5.48. The van der Waals surface area contributed by atoms with Gasteiger partial charge in [-0.15, -0.1) is 39.7 Å². The molecule has 0 nitrogen and oxygen atoms in total. The summed E-state index contributed by atoms with van der Waals surface area (Å²) in [6.45, 7) is 26.9. The average molecular weight is 645 g/mol. The maximum absolute atomic E-state index is 3.40. The minimum absolute atomic E-state index is 0. The Bertz CT molecular complexity index is 1200. The summed E-state index contributed by atoms with van der Waals surface area (Å²) in [6, 6.07) is 16.2. The molecule has 1 atom stereocenters. The van der Waals surface area contributed by atoms with Gasteiger partial charge in [0.05, 0.1) is 0 Å². The first-order chi connectivity index (χ1) is 16.9. The Kier molecular flexibility index (Phi) is 15.0. The molecule has 4 rings (SSSR count). The normalized spacial score (nSPS) is 14.9. The summed E-state index contributed by atoms with van der Waals surface area (Å²) in [5.41, 5.74) is 4.96. The van der Waals surface area contributed by atoms with Crippen LogP contribution in [-0.4, -0.2) is 3.21 Å². The van der Waals surface area contributed by atoms with Crippen molar-refractivity contribution in [3.8, 4) is 0 Å². The molecule has 0 spiro atoms. The molecule has 0 aromatic heterocycles. The molecule has 214 valence electrons. The van der Waals surface area contributed by atoms with Crippen molar-refractivity contribution in [1.82, 2.24) is 0 Å². The molecule has 3 aromatic rings. The van der Waals surface area contributed by atoms with Crippen LogP contribution in [0.1, 0.15) is 107 Å². The molecule has 0 saturated heterocycles. The van der Waals surface area contributed by atoms with Gasteiger partial charge in [-0.2, -0.15) is 11.6 Å². The van der Waals surface area contributed by atoms with Crippen molar-refractivity contribution in [2.45, 2.75) is 107 Å². The van der Waals surface area contributed by atoms with Crippen LogP contribution in [0.25, 0.3) is 21.5 Å². The molecule has 0 bridgehead atoms. The fourth-order valence-electron chi connectivity index (χ4n) is 4.41. The summed E-state index contributed by atoms with van der Waals surface area (Å²) in [5.74, 6) is 0.587. The number of hydrogen-bond donors (Lipinski definition) is 0. The van der Waals surface area contributed by atoms with Crippen LogP contribution in [0, 0.1) is 17.4 Å². The van der Waals surface area contributed by atoms with Gasteiger partial charge in [-0.05, 0) is 10.8 Å². The van der Waals surface area contributed by atoms with Crippen molar-refractivity contribution in [1.29, 1.82) is 0 Å². The molecular weight excluding hydrogens is 595 g/mol. The predicted molar refractivity (Wildman–Crippen MR) is 165 cm³/mol. The molecule has 1 aliphatic rings. The molecule has 39 heavy (non-hydrogen) atoms. The average Bonchev–Trinajstić information content (AvgIpc) is 3.36. The third kappa shape index (κ3) is 11.5. The summed E-state index contributed by atoms with van der Waals surface area (Å²) in [4.78, 5) is 0. The second-order valence-corrected chi connectivity index (χ2v) is 16.3. The first-order valence-electron chi connectivity index (χ1n) is 13.9. The van der Waals surface area contributed by atoms with E-state index in [9.17, 15) is 0 Å². The topological polar surface area (TPSA) is 0 Å². The molecule has 3 aromatic carbocycles. The standard InChI is InChI=1S/C21H25.C12H19.C3H6.2ClH.Zr/c1-20(2,3)16-7-9-18-14(12-16)11-15-13-17(21(4,5)6)8-10-19(15)18;1-5-6-10-7-8-11(9-10)12(2,3)4;1-3-2;;;/h7-13H,1-6H3;8-10H,5-6H2,1-4H3;1-2H3;2*1H;/q2*-1;;;;+2/p-2. The molecule has 0 radical (unpaired) electrons. The molecule has 0 aliphatic heterocycles. The molecule has 0 fully saturated rings. The van der Waals surface area contributed by atoms with E-state index >= 15 is 0 Å². The monoisotopic (exact) mass is 642 g/mol. The minimum atomic E-state index is 0. The predicted octanol–water partition coefficient (Wildman–Crippen LogP) is 4.81. The maximum atomic E-state index is 3.40. The van der Waals surface area contributed by atoms with Crippen LogP contribution in [0.5, 0.6) is 0 Å². The fourth-order valence-corrected chi connectivity index (χ4v) is 4.41. The van der Waals surface area contributed by atoms with E-state index in [4.69, 9.17) is 0 Å². The SMILES string of the molecule is CC(C)(C)c1ccc2c(c1)[cH-]c1cc(C(C)(C)C)ccc12.CCCC1[C-]=CC(C(C)(C)C)=C1.C[C](C)=[Zr+2].[Cl-].[Cl-]. The van der Waals surface area contributed by atoms with E-state index in [2.05, 4.69) is 144 Å². The van der Waals surface area contributed by atoms with Crippen molar-refractivity contribution in [2.75, 3.05) is 0 Å². The minimum Gasteiger partial charge on any atom is -1.00 e. The Labute approximate surface area is 267 Å². The quantitative estimate of drug-likeness (QED) is 0.352. The van der Waals surface area contributed by atoms with E-state index in [0.29, 0.717) is 11.3 Å². The number of allylic oxidation sites excluding steroid dienone is 4. The van der Waals surface area contributed by atoms with E-state index in [-0.39, 0.29) is 35.6 Å². The molecular formula is C36H50Cl2Zr-2. The summed E-state index contributed by atoms with van der Waals surface area (Å²) in [7, 11) is 0. The van der Waals surface area contributed by atoms with Crippen LogP contribution < -0.4 is 24.8 Å². The van der Waals surface area contributed by atoms with Crippen molar-refractivity contribution >= 4 is 24.8 Å². The molecule has 1 unspecified atom stereocenters. The Hall–Kier alpha value is -0.877. The van der Waals surface area contributed by atoms with Crippen LogP contribution in [0.2, 0.25) is 0 Å². The van der Waals surface area contributed by atoms with E-state index in [0.717, 1.165) is 0 Å². The number of fused-ring (bicyclic) bond motifs is 3. The Balaban J connectivity index is 0.000000687. The fraction of sp³-hybridized carbons (Fsp3) is 0.500. The van der Waals surface area contributed by atoms with Crippen molar-refractivity contribution in [2.24, 2.45) is 11.3 Å². The molecule has 0 N–H and O–H groups in total. The van der Waals surface area contributed by atoms with Crippen molar-refractivity contribution in [3.63, 3.8) is 0 Å². The number of benzene rings is 2. The Morgan fingerprint density at radius 2 is 1.18 bits per heavy atom. The van der Waals surface area contributed by atoms with Gasteiger partial charge in [0.15, 0.2) is 0 Å². The first-order valence-corrected chi connectivity index (χ1v) is 15.1. The van der Waals surface area contributed by atoms with E-state index in [1.165, 1.54) is 54.3 Å². The van der Waals surface area contributed by atoms with E-state index in [1.807, 2.05) is 0 Å². The van der Waals surface area contributed by atoms with Crippen LogP contribution in [0.4, 0.5) is 0 Å². The summed E-state index contributed by atoms with van der Waals surface area (Å²) in [6.07, 6.45) is 10.4. The van der Waals surface area contributed by atoms with E-state index < -0.39 is 0 Å². The summed E-state index contributed by atoms with van der Waals surface area (Å²) >= 11 is 1.55. The van der Waals surface area contributed by atoms with Crippen molar-refractivity contribution < 1.29 is 49.0 Å². The van der Waals surface area contributed by atoms with Crippen LogP contribution >= 0.6 is 0 Å². The number of rotatable bonds is 2. The van der Waals surface area contributed by atoms with Crippen molar-refractivity contribution in [3.05, 3.63) is 77.4 Å². The van der Waals surface area contributed by atoms with Crippen LogP contribution in [-0.2, 0) is 35.1 Å². The molecule has 0 saturated carbocycles. The van der Waals surface area contributed by atoms with Gasteiger partial charge in [-0.1, -0.05) is 129 Å². The zero-order chi connectivity index (χ0) is 28.2. The van der Waals surface area contributed by atoms with Gasteiger partial charge < -0.3 is 24.8 Å². The molecule has 3 heteroatoms. The zero-order valence-electron chi connectivity index (χ0n) is 26.4. The van der Waals surface area contributed by atoms with Gasteiger partial charge in [0.1, 0.15) is 0 Å². The van der Waals surface area contributed by atoms with Gasteiger partial charge in [0, 0.05) is 0 Å². The van der Waals surface area contributed by atoms with Gasteiger partial charge in [-0.3, -0.25) is 6.08 Å².